The molecule has 3 N–H and O–H groups in total. The summed E-state index contributed by atoms with van der Waals surface area (Å²) in [6.45, 7) is 6.05. The van der Waals surface area contributed by atoms with Crippen molar-refractivity contribution in [2.45, 2.75) is 231 Å². The Morgan fingerprint density at radius 2 is 0.863 bits per heavy atom. The molecule has 1 amide bonds. The van der Waals surface area contributed by atoms with Gasteiger partial charge in [0.25, 0.3) is 5.91 Å². The van der Waals surface area contributed by atoms with Crippen LogP contribution in [-0.2, 0) is 10.4 Å². The van der Waals surface area contributed by atoms with Gasteiger partial charge in [-0.3, -0.25) is 4.79 Å². The lowest BCUT2D eigenvalue weighted by Gasteiger charge is -2.36. The summed E-state index contributed by atoms with van der Waals surface area (Å²) in [6.07, 6.45) is 45.1. The van der Waals surface area contributed by atoms with Gasteiger partial charge < -0.3 is 15.7 Å². The average Bonchev–Trinajstić information content (AvgIpc) is 3.15. The molecule has 1 aliphatic carbocycles. The van der Waals surface area contributed by atoms with E-state index in [2.05, 4.69) is 13.8 Å². The van der Waals surface area contributed by atoms with Gasteiger partial charge in [-0.15, -0.1) is 0 Å². The molecule has 4 heteroatoms. The molecule has 0 spiro atoms. The number of fused-ring (bicyclic) bond motifs is 1. The first-order valence-corrected chi connectivity index (χ1v) is 22.6. The molecule has 294 valence electrons. The molecular weight excluding hydrogens is 625 g/mol. The molecule has 0 saturated heterocycles. The number of hydrogen-bond acceptors (Lipinski definition) is 3. The van der Waals surface area contributed by atoms with E-state index in [1.165, 1.54) is 180 Å². The maximum atomic E-state index is 14.1. The third-order valence-electron chi connectivity index (χ3n) is 11.5. The van der Waals surface area contributed by atoms with Crippen LogP contribution in [0, 0.1) is 0 Å². The summed E-state index contributed by atoms with van der Waals surface area (Å²) in [7, 11) is 0. The fourth-order valence-corrected chi connectivity index (χ4v) is 8.05. The Morgan fingerprint density at radius 1 is 0.549 bits per heavy atom. The summed E-state index contributed by atoms with van der Waals surface area (Å²) < 4.78 is 0. The van der Waals surface area contributed by atoms with Crippen molar-refractivity contribution < 1.29 is 9.90 Å². The van der Waals surface area contributed by atoms with Crippen LogP contribution in [0.3, 0.4) is 0 Å². The van der Waals surface area contributed by atoms with Crippen molar-refractivity contribution >= 4 is 11.6 Å². The van der Waals surface area contributed by atoms with Gasteiger partial charge in [-0.05, 0) is 12.8 Å². The average molecular weight is 709 g/mol. The van der Waals surface area contributed by atoms with E-state index in [1.807, 2.05) is 35.2 Å². The number of nitrogens with zero attached hydrogens (tertiary/aromatic N) is 1. The zero-order valence-corrected chi connectivity index (χ0v) is 34.0. The van der Waals surface area contributed by atoms with Crippen LogP contribution in [-0.4, -0.2) is 29.0 Å². The topological polar surface area (TPSA) is 66.6 Å². The lowest BCUT2D eigenvalue weighted by Crippen LogP contribution is -2.49. The maximum Gasteiger partial charge on any atom is 0.259 e. The fraction of sp³-hybridized carbons (Fsp3) is 0.809. The Bertz CT molecular complexity index is 970. The van der Waals surface area contributed by atoms with Gasteiger partial charge in [0.15, 0.2) is 5.60 Å². The van der Waals surface area contributed by atoms with Crippen molar-refractivity contribution in [2.24, 2.45) is 5.73 Å². The van der Waals surface area contributed by atoms with Crippen LogP contribution in [0.25, 0.3) is 5.70 Å². The van der Waals surface area contributed by atoms with E-state index in [1.54, 1.807) is 0 Å². The van der Waals surface area contributed by atoms with E-state index < -0.39 is 5.60 Å². The molecule has 1 aliphatic rings. The van der Waals surface area contributed by atoms with Crippen LogP contribution < -0.4 is 5.73 Å². The number of unbranched alkanes of at least 4 members (excludes halogenated alkanes) is 30. The van der Waals surface area contributed by atoms with Crippen molar-refractivity contribution in [1.29, 1.82) is 0 Å². The minimum Gasteiger partial charge on any atom is -0.398 e. The van der Waals surface area contributed by atoms with Gasteiger partial charge in [-0.2, -0.15) is 0 Å². The molecule has 1 aromatic rings. The van der Waals surface area contributed by atoms with E-state index in [-0.39, 0.29) is 12.3 Å². The third-order valence-corrected chi connectivity index (χ3v) is 11.5. The highest BCUT2D eigenvalue weighted by molar-refractivity contribution is 5.90. The monoisotopic (exact) mass is 709 g/mol. The number of benzene rings is 1. The van der Waals surface area contributed by atoms with E-state index in [0.29, 0.717) is 11.3 Å². The number of rotatable bonds is 35. The van der Waals surface area contributed by atoms with Crippen LogP contribution in [0.5, 0.6) is 0 Å². The molecular formula is C47H84N2O2. The predicted octanol–water partition coefficient (Wildman–Crippen LogP) is 13.9. The minimum atomic E-state index is -1.52. The zero-order valence-electron chi connectivity index (χ0n) is 34.0. The Kier molecular flexibility index (Phi) is 27.2. The number of hydrogen-bond donors (Lipinski definition) is 2. The van der Waals surface area contributed by atoms with Gasteiger partial charge in [0.05, 0.1) is 0 Å². The molecule has 51 heavy (non-hydrogen) atoms. The van der Waals surface area contributed by atoms with E-state index in [0.717, 1.165) is 44.3 Å². The number of nitrogens with two attached hydrogens (primary N) is 1. The summed E-state index contributed by atoms with van der Waals surface area (Å²) >= 11 is 0. The predicted molar refractivity (Wildman–Crippen MR) is 223 cm³/mol. The van der Waals surface area contributed by atoms with Gasteiger partial charge in [0.2, 0.25) is 0 Å². The third kappa shape index (κ3) is 20.3. The Morgan fingerprint density at radius 3 is 1.22 bits per heavy atom. The van der Waals surface area contributed by atoms with Gasteiger partial charge >= 0.3 is 0 Å². The molecule has 0 bridgehead atoms. The van der Waals surface area contributed by atoms with Crippen molar-refractivity contribution in [3.63, 3.8) is 0 Å². The summed E-state index contributed by atoms with van der Waals surface area (Å²) in [5, 5.41) is 11.9. The quantitative estimate of drug-likeness (QED) is 0.0690. The SMILES string of the molecule is CCCCCCCCCCCCCCCCCCN(CCCCCCCCCCCCCCCCCC)C(=O)C1(O)CC=C(N)c2ccccc21. The molecule has 0 saturated carbocycles. The lowest BCUT2D eigenvalue weighted by molar-refractivity contribution is -0.152. The summed E-state index contributed by atoms with van der Waals surface area (Å²) in [5.41, 5.74) is 6.87. The number of aliphatic hydroxyl groups is 1. The summed E-state index contributed by atoms with van der Waals surface area (Å²) in [6, 6.07) is 7.65. The first-order valence-electron chi connectivity index (χ1n) is 22.6. The Labute approximate surface area is 317 Å². The molecule has 2 rings (SSSR count). The van der Waals surface area contributed by atoms with Gasteiger partial charge in [-0.25, -0.2) is 0 Å². The Hall–Kier alpha value is -1.81. The van der Waals surface area contributed by atoms with Crippen LogP contribution >= 0.6 is 0 Å². The van der Waals surface area contributed by atoms with Gasteiger partial charge in [-0.1, -0.05) is 237 Å². The van der Waals surface area contributed by atoms with Crippen LogP contribution in [0.1, 0.15) is 237 Å². The Balaban J connectivity index is 1.64. The van der Waals surface area contributed by atoms with E-state index in [4.69, 9.17) is 5.73 Å². The minimum absolute atomic E-state index is 0.138. The normalized spacial score (nSPS) is 15.5. The van der Waals surface area contributed by atoms with Crippen LogP contribution in [0.15, 0.2) is 30.3 Å². The van der Waals surface area contributed by atoms with E-state index >= 15 is 0 Å². The van der Waals surface area contributed by atoms with Crippen LogP contribution in [0.4, 0.5) is 0 Å². The molecule has 0 heterocycles. The highest BCUT2D eigenvalue weighted by Gasteiger charge is 2.43. The highest BCUT2D eigenvalue weighted by atomic mass is 16.3. The first-order chi connectivity index (χ1) is 25.0. The largest absolute Gasteiger partial charge is 0.398 e. The zero-order chi connectivity index (χ0) is 36.7. The molecule has 0 fully saturated rings. The lowest BCUT2D eigenvalue weighted by atomic mass is 9.80. The number of amides is 1. The molecule has 1 aromatic carbocycles. The second kappa shape index (κ2) is 30.6. The molecule has 1 unspecified atom stereocenters. The smallest absolute Gasteiger partial charge is 0.259 e. The van der Waals surface area contributed by atoms with Crippen molar-refractivity contribution in [1.82, 2.24) is 4.90 Å². The standard InChI is InChI=1S/C47H84N2O2/c1-3-5-7-9-11-13-15-17-19-21-23-25-27-29-31-35-41-49(46(50)47(51)40-39-45(48)43-37-33-34-38-44(43)47)42-36-32-30-28-26-24-22-20-18-16-14-12-10-8-6-4-2/h33-34,37-39,51H,3-32,35-36,40-42,48H2,1-2H3. The number of carbonyl (C=O) groups is 1. The molecule has 1 atom stereocenters. The first kappa shape index (κ1) is 45.3. The molecule has 0 radical (unpaired) electrons. The summed E-state index contributed by atoms with van der Waals surface area (Å²) in [4.78, 5) is 16.1. The van der Waals surface area contributed by atoms with E-state index in [9.17, 15) is 9.90 Å². The highest BCUT2D eigenvalue weighted by Crippen LogP contribution is 2.37. The number of carbonyl (C=O) groups excluding carboxylic acids is 1. The van der Waals surface area contributed by atoms with Crippen LogP contribution in [0.2, 0.25) is 0 Å². The second-order valence-electron chi connectivity index (χ2n) is 16.2. The van der Waals surface area contributed by atoms with Crippen molar-refractivity contribution in [3.05, 3.63) is 41.5 Å². The van der Waals surface area contributed by atoms with Crippen molar-refractivity contribution in [3.8, 4) is 0 Å². The van der Waals surface area contributed by atoms with Gasteiger partial charge in [0, 0.05) is 36.3 Å². The fourth-order valence-electron chi connectivity index (χ4n) is 8.05. The maximum absolute atomic E-state index is 14.1. The molecule has 0 aromatic heterocycles. The molecule has 4 nitrogen and oxygen atoms in total. The van der Waals surface area contributed by atoms with Crippen molar-refractivity contribution in [2.75, 3.05) is 13.1 Å². The molecule has 0 aliphatic heterocycles. The second-order valence-corrected chi connectivity index (χ2v) is 16.2. The van der Waals surface area contributed by atoms with Gasteiger partial charge in [0.1, 0.15) is 0 Å². The summed E-state index contributed by atoms with van der Waals surface area (Å²) in [5.74, 6) is -0.138.